The van der Waals surface area contributed by atoms with Gasteiger partial charge < -0.3 is 19.9 Å². The summed E-state index contributed by atoms with van der Waals surface area (Å²) in [6.07, 6.45) is 8.18. The number of aromatic nitrogens is 3. The lowest BCUT2D eigenvalue weighted by Crippen LogP contribution is -2.54. The number of aryl methyl sites for hydroxylation is 2. The van der Waals surface area contributed by atoms with Crippen molar-refractivity contribution in [3.8, 4) is 0 Å². The third-order valence-corrected chi connectivity index (χ3v) is 4.84. The number of imidazole rings is 1. The molecule has 0 aromatic carbocycles. The van der Waals surface area contributed by atoms with Crippen molar-refractivity contribution in [2.45, 2.75) is 44.8 Å². The molecule has 0 saturated carbocycles. The molecule has 1 unspecified atom stereocenters. The molecule has 0 bridgehead atoms. The number of piperidine rings is 1. The molecule has 7 nitrogen and oxygen atoms in total. The van der Waals surface area contributed by atoms with Crippen LogP contribution in [-0.2, 0) is 17.8 Å². The molecule has 1 fully saturated rings. The number of carbonyl (C=O) groups is 1. The van der Waals surface area contributed by atoms with Gasteiger partial charge in [0.15, 0.2) is 0 Å². The van der Waals surface area contributed by atoms with Crippen molar-refractivity contribution in [2.24, 2.45) is 0 Å². The van der Waals surface area contributed by atoms with Crippen molar-refractivity contribution >= 4 is 11.7 Å². The molecule has 140 valence electrons. The van der Waals surface area contributed by atoms with Gasteiger partial charge in [0.25, 0.3) is 0 Å². The third-order valence-electron chi connectivity index (χ3n) is 4.84. The van der Waals surface area contributed by atoms with E-state index in [-0.39, 0.29) is 12.5 Å². The predicted octanol–water partition coefficient (Wildman–Crippen LogP) is 1.38. The zero-order valence-electron chi connectivity index (χ0n) is 15.3. The highest BCUT2D eigenvalue weighted by Crippen LogP contribution is 2.24. The van der Waals surface area contributed by atoms with E-state index in [1.807, 2.05) is 35.9 Å². The lowest BCUT2D eigenvalue weighted by molar-refractivity contribution is -0.122. The van der Waals surface area contributed by atoms with Crippen LogP contribution in [0.1, 0.15) is 32.0 Å². The molecular weight excluding hydrogens is 330 g/mol. The van der Waals surface area contributed by atoms with Gasteiger partial charge in [-0.3, -0.25) is 4.79 Å². The van der Waals surface area contributed by atoms with Gasteiger partial charge in [-0.2, -0.15) is 0 Å². The molecule has 1 atom stereocenters. The zero-order valence-corrected chi connectivity index (χ0v) is 15.3. The van der Waals surface area contributed by atoms with Crippen LogP contribution in [0.15, 0.2) is 36.8 Å². The first-order valence-electron chi connectivity index (χ1n) is 9.25. The molecule has 1 aliphatic heterocycles. The molecule has 3 heterocycles. The lowest BCUT2D eigenvalue weighted by Gasteiger charge is -2.39. The van der Waals surface area contributed by atoms with Crippen LogP contribution < -0.4 is 10.2 Å². The van der Waals surface area contributed by atoms with Crippen molar-refractivity contribution in [2.75, 3.05) is 24.5 Å². The molecule has 2 aromatic rings. The largest absolute Gasteiger partial charge is 0.386 e. The lowest BCUT2D eigenvalue weighted by atomic mass is 9.92. The number of anilines is 1. The van der Waals surface area contributed by atoms with Crippen molar-refractivity contribution in [3.05, 3.63) is 42.6 Å². The van der Waals surface area contributed by atoms with Gasteiger partial charge >= 0.3 is 0 Å². The highest BCUT2D eigenvalue weighted by Gasteiger charge is 2.34. The Balaban J connectivity index is 1.49. The molecule has 3 rings (SSSR count). The van der Waals surface area contributed by atoms with Crippen LogP contribution in [0.4, 0.5) is 5.82 Å². The summed E-state index contributed by atoms with van der Waals surface area (Å²) in [7, 11) is 0. The number of aliphatic hydroxyl groups is 1. The second-order valence-electron chi connectivity index (χ2n) is 6.85. The van der Waals surface area contributed by atoms with Gasteiger partial charge in [-0.25, -0.2) is 9.97 Å². The SMILES string of the molecule is CCc1nccn1CCC(=O)NCC1(O)CCCN(c2ccccn2)C1. The van der Waals surface area contributed by atoms with Crippen molar-refractivity contribution in [1.29, 1.82) is 0 Å². The maximum absolute atomic E-state index is 12.2. The summed E-state index contributed by atoms with van der Waals surface area (Å²) in [6.45, 7) is 4.26. The molecule has 0 spiro atoms. The number of carbonyl (C=O) groups excluding carboxylic acids is 1. The Morgan fingerprint density at radius 2 is 2.23 bits per heavy atom. The van der Waals surface area contributed by atoms with Gasteiger partial charge in [0.2, 0.25) is 5.91 Å². The summed E-state index contributed by atoms with van der Waals surface area (Å²) in [5.74, 6) is 1.79. The quantitative estimate of drug-likeness (QED) is 0.782. The number of amides is 1. The van der Waals surface area contributed by atoms with Crippen molar-refractivity contribution < 1.29 is 9.90 Å². The van der Waals surface area contributed by atoms with E-state index in [4.69, 9.17) is 0 Å². The van der Waals surface area contributed by atoms with Crippen LogP contribution in [0.2, 0.25) is 0 Å². The summed E-state index contributed by atoms with van der Waals surface area (Å²) in [5, 5.41) is 13.8. The van der Waals surface area contributed by atoms with Crippen LogP contribution in [0.3, 0.4) is 0 Å². The minimum atomic E-state index is -0.922. The van der Waals surface area contributed by atoms with E-state index in [1.165, 1.54) is 0 Å². The Bertz CT molecular complexity index is 718. The van der Waals surface area contributed by atoms with Crippen molar-refractivity contribution in [1.82, 2.24) is 19.9 Å². The molecule has 26 heavy (non-hydrogen) atoms. The fraction of sp³-hybridized carbons (Fsp3) is 0.526. The molecule has 1 saturated heterocycles. The first-order valence-corrected chi connectivity index (χ1v) is 9.25. The maximum Gasteiger partial charge on any atom is 0.221 e. The number of nitrogens with zero attached hydrogens (tertiary/aromatic N) is 4. The molecule has 2 aromatic heterocycles. The zero-order chi connectivity index (χ0) is 18.4. The fourth-order valence-electron chi connectivity index (χ4n) is 3.42. The number of nitrogens with one attached hydrogen (secondary N) is 1. The summed E-state index contributed by atoms with van der Waals surface area (Å²) in [4.78, 5) is 22.9. The van der Waals surface area contributed by atoms with Gasteiger partial charge in [-0.15, -0.1) is 0 Å². The van der Waals surface area contributed by atoms with Gasteiger partial charge in [0.05, 0.1) is 5.60 Å². The average molecular weight is 357 g/mol. The van der Waals surface area contributed by atoms with Crippen molar-refractivity contribution in [3.63, 3.8) is 0 Å². The predicted molar refractivity (Wildman–Crippen MR) is 99.9 cm³/mol. The van der Waals surface area contributed by atoms with E-state index in [0.717, 1.165) is 31.0 Å². The van der Waals surface area contributed by atoms with E-state index in [2.05, 4.69) is 20.2 Å². The number of hydrogen-bond donors (Lipinski definition) is 2. The number of β-amino-alcohol motifs (C(OH)–C–C–N with tert-alkyl or cyclic N) is 1. The summed E-state index contributed by atoms with van der Waals surface area (Å²) < 4.78 is 2.00. The highest BCUT2D eigenvalue weighted by atomic mass is 16.3. The van der Waals surface area contributed by atoms with E-state index < -0.39 is 5.60 Å². The maximum atomic E-state index is 12.2. The molecule has 7 heteroatoms. The minimum absolute atomic E-state index is 0.0517. The summed E-state index contributed by atoms with van der Waals surface area (Å²) in [5.41, 5.74) is -0.922. The van der Waals surface area contributed by atoms with Gasteiger partial charge in [0, 0.05) is 57.6 Å². The van der Waals surface area contributed by atoms with Crippen LogP contribution in [0, 0.1) is 0 Å². The topological polar surface area (TPSA) is 83.3 Å². The highest BCUT2D eigenvalue weighted by molar-refractivity contribution is 5.75. The fourth-order valence-corrected chi connectivity index (χ4v) is 3.42. The average Bonchev–Trinajstić information content (AvgIpc) is 3.13. The first kappa shape index (κ1) is 18.4. The molecule has 1 aliphatic rings. The number of hydrogen-bond acceptors (Lipinski definition) is 5. The smallest absolute Gasteiger partial charge is 0.221 e. The van der Waals surface area contributed by atoms with Gasteiger partial charge in [0.1, 0.15) is 11.6 Å². The third kappa shape index (κ3) is 4.60. The monoisotopic (exact) mass is 357 g/mol. The van der Waals surface area contributed by atoms with Crippen LogP contribution in [0.25, 0.3) is 0 Å². The van der Waals surface area contributed by atoms with E-state index in [0.29, 0.717) is 25.9 Å². The number of pyridine rings is 1. The van der Waals surface area contributed by atoms with Crippen LogP contribution in [0.5, 0.6) is 0 Å². The second-order valence-corrected chi connectivity index (χ2v) is 6.85. The van der Waals surface area contributed by atoms with E-state index in [9.17, 15) is 9.90 Å². The Kier molecular flexibility index (Phi) is 5.88. The van der Waals surface area contributed by atoms with Crippen LogP contribution >= 0.6 is 0 Å². The van der Waals surface area contributed by atoms with Crippen LogP contribution in [-0.4, -0.2) is 50.8 Å². The van der Waals surface area contributed by atoms with E-state index >= 15 is 0 Å². The normalized spacial score (nSPS) is 20.2. The minimum Gasteiger partial charge on any atom is -0.386 e. The Morgan fingerprint density at radius 1 is 1.35 bits per heavy atom. The summed E-state index contributed by atoms with van der Waals surface area (Å²) in [6, 6.07) is 5.77. The molecule has 0 radical (unpaired) electrons. The Morgan fingerprint density at radius 3 is 3.00 bits per heavy atom. The first-order chi connectivity index (χ1) is 12.6. The van der Waals surface area contributed by atoms with E-state index in [1.54, 1.807) is 12.4 Å². The van der Waals surface area contributed by atoms with Gasteiger partial charge in [-0.1, -0.05) is 13.0 Å². The molecular formula is C19H27N5O2. The van der Waals surface area contributed by atoms with Gasteiger partial charge in [-0.05, 0) is 25.0 Å². The standard InChI is InChI=1S/C19H27N5O2/c1-2-16-21-10-13-23(16)12-7-18(25)22-14-19(26)8-5-11-24(15-19)17-6-3-4-9-20-17/h3-4,6,9-10,13,26H,2,5,7-8,11-12,14-15H2,1H3,(H,22,25). The number of rotatable bonds is 7. The molecule has 1 amide bonds. The molecule has 0 aliphatic carbocycles. The Labute approximate surface area is 154 Å². The molecule has 2 N–H and O–H groups in total. The summed E-state index contributed by atoms with van der Waals surface area (Å²) >= 11 is 0. The Hall–Kier alpha value is -2.41. The second kappa shape index (κ2) is 8.31.